The molecule has 2 aromatic heterocycles. The minimum Gasteiger partial charge on any atom is -0.255 e. The SMILES string of the molecule is CS[Si](SC)c1ccc(-c2ccccn2)nc1. The molecular formula is C12H13N2S2Si. The molecule has 0 atom stereocenters. The van der Waals surface area contributed by atoms with E-state index in [1.54, 1.807) is 6.20 Å². The van der Waals surface area contributed by atoms with Gasteiger partial charge in [-0.3, -0.25) is 9.97 Å². The minimum absolute atomic E-state index is 0.548. The lowest BCUT2D eigenvalue weighted by atomic mass is 10.2. The molecule has 2 heterocycles. The van der Waals surface area contributed by atoms with E-state index < -0.39 is 7.10 Å². The third-order valence-corrected chi connectivity index (χ3v) is 10.4. The Morgan fingerprint density at radius 1 is 0.941 bits per heavy atom. The Labute approximate surface area is 111 Å². The topological polar surface area (TPSA) is 25.8 Å². The highest BCUT2D eigenvalue weighted by Gasteiger charge is 2.12. The van der Waals surface area contributed by atoms with Crippen molar-refractivity contribution in [1.29, 1.82) is 0 Å². The Morgan fingerprint density at radius 2 is 1.71 bits per heavy atom. The van der Waals surface area contributed by atoms with Crippen molar-refractivity contribution < 1.29 is 0 Å². The van der Waals surface area contributed by atoms with Crippen LogP contribution in [0.5, 0.6) is 0 Å². The highest BCUT2D eigenvalue weighted by molar-refractivity contribution is 8.55. The van der Waals surface area contributed by atoms with Crippen LogP contribution < -0.4 is 5.19 Å². The first-order chi connectivity index (χ1) is 8.35. The molecule has 0 bridgehead atoms. The van der Waals surface area contributed by atoms with E-state index >= 15 is 0 Å². The zero-order valence-electron chi connectivity index (χ0n) is 9.75. The first-order valence-electron chi connectivity index (χ1n) is 5.18. The van der Waals surface area contributed by atoms with Crippen molar-refractivity contribution in [3.05, 3.63) is 42.7 Å². The largest absolute Gasteiger partial charge is 0.255 e. The molecule has 0 aliphatic rings. The third-order valence-electron chi connectivity index (χ3n) is 2.30. The number of hydrogen-bond acceptors (Lipinski definition) is 4. The molecule has 0 spiro atoms. The summed E-state index contributed by atoms with van der Waals surface area (Å²) < 4.78 is 0. The molecule has 0 amide bonds. The summed E-state index contributed by atoms with van der Waals surface area (Å²) >= 11 is 3.87. The lowest BCUT2D eigenvalue weighted by Crippen LogP contribution is -2.23. The van der Waals surface area contributed by atoms with Crippen LogP contribution in [0.15, 0.2) is 42.7 Å². The average molecular weight is 277 g/mol. The van der Waals surface area contributed by atoms with E-state index in [2.05, 4.69) is 34.6 Å². The van der Waals surface area contributed by atoms with Gasteiger partial charge in [0.2, 0.25) is 7.10 Å². The van der Waals surface area contributed by atoms with Gasteiger partial charge in [0.05, 0.1) is 11.4 Å². The van der Waals surface area contributed by atoms with Gasteiger partial charge in [-0.15, -0.1) is 0 Å². The fraction of sp³-hybridized carbons (Fsp3) is 0.167. The van der Waals surface area contributed by atoms with Gasteiger partial charge < -0.3 is 0 Å². The number of aromatic nitrogens is 2. The van der Waals surface area contributed by atoms with Crippen molar-refractivity contribution in [3.63, 3.8) is 0 Å². The van der Waals surface area contributed by atoms with E-state index in [0.717, 1.165) is 11.4 Å². The second kappa shape index (κ2) is 6.23. The van der Waals surface area contributed by atoms with Gasteiger partial charge in [-0.25, -0.2) is 0 Å². The molecule has 1 radical (unpaired) electrons. The molecule has 2 aromatic rings. The van der Waals surface area contributed by atoms with Crippen LogP contribution in [-0.4, -0.2) is 29.6 Å². The molecule has 0 saturated carbocycles. The molecule has 0 aliphatic heterocycles. The molecule has 17 heavy (non-hydrogen) atoms. The number of pyridine rings is 2. The van der Waals surface area contributed by atoms with Gasteiger partial charge in [0.15, 0.2) is 0 Å². The van der Waals surface area contributed by atoms with Crippen LogP contribution in [0.4, 0.5) is 0 Å². The quantitative estimate of drug-likeness (QED) is 0.802. The van der Waals surface area contributed by atoms with Gasteiger partial charge in [0.1, 0.15) is 0 Å². The fourth-order valence-corrected chi connectivity index (χ4v) is 6.67. The molecule has 0 N–H and O–H groups in total. The molecular weight excluding hydrogens is 264 g/mol. The second-order valence-electron chi connectivity index (χ2n) is 3.34. The maximum atomic E-state index is 4.50. The highest BCUT2D eigenvalue weighted by atomic mass is 32.6. The van der Waals surface area contributed by atoms with Crippen molar-refractivity contribution in [3.8, 4) is 11.4 Å². The van der Waals surface area contributed by atoms with Crippen LogP contribution in [0.2, 0.25) is 0 Å². The van der Waals surface area contributed by atoms with Crippen molar-refractivity contribution in [2.24, 2.45) is 0 Å². The molecule has 0 unspecified atom stereocenters. The van der Waals surface area contributed by atoms with Crippen molar-refractivity contribution in [2.45, 2.75) is 0 Å². The summed E-state index contributed by atoms with van der Waals surface area (Å²) in [6.45, 7) is 0. The smallest absolute Gasteiger partial charge is 0.225 e. The maximum absolute atomic E-state index is 4.50. The number of rotatable bonds is 4. The molecule has 0 aliphatic carbocycles. The molecule has 0 aromatic carbocycles. The summed E-state index contributed by atoms with van der Waals surface area (Å²) in [6.07, 6.45) is 8.12. The Kier molecular flexibility index (Phi) is 4.64. The maximum Gasteiger partial charge on any atom is 0.225 e. The number of nitrogens with zero attached hydrogens (tertiary/aromatic N) is 2. The summed E-state index contributed by atoms with van der Waals surface area (Å²) in [5.41, 5.74) is 1.87. The standard InChI is InChI=1S/C12H13N2S2Si/c1-15-17(16-2)10-6-7-12(14-9-10)11-5-3-4-8-13-11/h3-9H,1-2H3. The summed E-state index contributed by atoms with van der Waals surface area (Å²) in [6, 6.07) is 10.1. The van der Waals surface area contributed by atoms with Crippen LogP contribution in [0.25, 0.3) is 11.4 Å². The molecule has 2 nitrogen and oxygen atoms in total. The minimum atomic E-state index is -0.548. The Morgan fingerprint density at radius 3 is 2.24 bits per heavy atom. The van der Waals surface area contributed by atoms with Crippen LogP contribution in [0.3, 0.4) is 0 Å². The van der Waals surface area contributed by atoms with Gasteiger partial charge in [-0.2, -0.15) is 22.4 Å². The van der Waals surface area contributed by atoms with Crippen LogP contribution in [0.1, 0.15) is 0 Å². The predicted molar refractivity (Wildman–Crippen MR) is 79.9 cm³/mol. The van der Waals surface area contributed by atoms with Gasteiger partial charge in [-0.05, 0) is 35.9 Å². The monoisotopic (exact) mass is 277 g/mol. The Bertz CT molecular complexity index is 458. The van der Waals surface area contributed by atoms with Crippen molar-refractivity contribution in [2.75, 3.05) is 12.5 Å². The van der Waals surface area contributed by atoms with E-state index in [-0.39, 0.29) is 0 Å². The fourth-order valence-electron chi connectivity index (χ4n) is 1.50. The van der Waals surface area contributed by atoms with Crippen LogP contribution in [-0.2, 0) is 0 Å². The molecule has 2 rings (SSSR count). The third kappa shape index (κ3) is 3.11. The van der Waals surface area contributed by atoms with Crippen LogP contribution in [0, 0.1) is 0 Å². The van der Waals surface area contributed by atoms with E-state index in [0.29, 0.717) is 0 Å². The van der Waals surface area contributed by atoms with Crippen LogP contribution >= 0.6 is 22.4 Å². The average Bonchev–Trinajstić information content (AvgIpc) is 2.42. The van der Waals surface area contributed by atoms with E-state index in [1.807, 2.05) is 46.8 Å². The molecule has 0 fully saturated rings. The first-order valence-corrected chi connectivity index (χ1v) is 10.6. The molecule has 0 saturated heterocycles. The van der Waals surface area contributed by atoms with Crippen molar-refractivity contribution >= 4 is 34.7 Å². The lowest BCUT2D eigenvalue weighted by Gasteiger charge is -2.08. The molecule has 5 heteroatoms. The summed E-state index contributed by atoms with van der Waals surface area (Å²) in [4.78, 5) is 8.80. The normalized spacial score (nSPS) is 10.8. The highest BCUT2D eigenvalue weighted by Crippen LogP contribution is 2.16. The van der Waals surface area contributed by atoms with E-state index in [1.165, 1.54) is 5.19 Å². The Hall–Kier alpha value is -0.783. The van der Waals surface area contributed by atoms with Gasteiger partial charge >= 0.3 is 0 Å². The van der Waals surface area contributed by atoms with E-state index in [9.17, 15) is 0 Å². The summed E-state index contributed by atoms with van der Waals surface area (Å²) in [7, 11) is -0.548. The molecule has 87 valence electrons. The summed E-state index contributed by atoms with van der Waals surface area (Å²) in [5.74, 6) is 0. The number of hydrogen-bond donors (Lipinski definition) is 0. The first kappa shape index (κ1) is 12.7. The van der Waals surface area contributed by atoms with Crippen molar-refractivity contribution in [1.82, 2.24) is 9.97 Å². The lowest BCUT2D eigenvalue weighted by molar-refractivity contribution is 1.25. The van der Waals surface area contributed by atoms with Gasteiger partial charge in [0.25, 0.3) is 0 Å². The van der Waals surface area contributed by atoms with E-state index in [4.69, 9.17) is 0 Å². The van der Waals surface area contributed by atoms with Gasteiger partial charge in [-0.1, -0.05) is 12.1 Å². The summed E-state index contributed by atoms with van der Waals surface area (Å²) in [5, 5.41) is 1.36. The second-order valence-corrected chi connectivity index (χ2v) is 11.0. The zero-order valence-corrected chi connectivity index (χ0v) is 12.4. The van der Waals surface area contributed by atoms with Gasteiger partial charge in [0, 0.05) is 12.4 Å². The Balaban J connectivity index is 2.24. The zero-order chi connectivity index (χ0) is 12.1. The predicted octanol–water partition coefficient (Wildman–Crippen LogP) is 2.56.